The molecule has 8 heteroatoms. The van der Waals surface area contributed by atoms with Crippen molar-refractivity contribution in [3.8, 4) is 11.5 Å². The van der Waals surface area contributed by atoms with Gasteiger partial charge >= 0.3 is 0 Å². The van der Waals surface area contributed by atoms with Gasteiger partial charge in [0.05, 0.1) is 37.1 Å². The molecule has 0 aliphatic carbocycles. The lowest BCUT2D eigenvalue weighted by atomic mass is 9.99. The second kappa shape index (κ2) is 10.6. The molecule has 0 bridgehead atoms. The normalized spacial score (nSPS) is 16.1. The maximum Gasteiger partial charge on any atom is 0.257 e. The van der Waals surface area contributed by atoms with E-state index in [0.29, 0.717) is 43.4 Å². The van der Waals surface area contributed by atoms with E-state index in [1.165, 1.54) is 5.56 Å². The van der Waals surface area contributed by atoms with Crippen molar-refractivity contribution < 1.29 is 19.0 Å². The molecule has 3 aromatic heterocycles. The second-order valence-electron chi connectivity index (χ2n) is 8.54. The number of rotatable bonds is 7. The Balaban J connectivity index is 1.36. The van der Waals surface area contributed by atoms with Crippen molar-refractivity contribution in [2.75, 3.05) is 33.4 Å². The van der Waals surface area contributed by atoms with E-state index in [1.54, 1.807) is 31.6 Å². The minimum atomic E-state index is -0.0991. The maximum absolute atomic E-state index is 13.7. The van der Waals surface area contributed by atoms with Crippen LogP contribution in [0.25, 0.3) is 5.52 Å². The topological polar surface area (TPSA) is 78.2 Å². The Morgan fingerprint density at radius 2 is 2.06 bits per heavy atom. The lowest BCUT2D eigenvalue weighted by Crippen LogP contribution is -2.36. The standard InChI is InChI=1S/C27H28N4O4/c1-33-25-9-4-8-23(26(25)35-19-22-7-2-3-11-28-22)27(32)30-14-15-34-18-20(17-30)16-21-6-5-13-31-24(21)10-12-29-31/h2-13,20H,14-19H2,1H3. The molecule has 0 spiro atoms. The van der Waals surface area contributed by atoms with E-state index in [-0.39, 0.29) is 18.4 Å². The number of hydrogen-bond donors (Lipinski definition) is 0. The first-order valence-corrected chi connectivity index (χ1v) is 11.7. The summed E-state index contributed by atoms with van der Waals surface area (Å²) in [4.78, 5) is 19.9. The van der Waals surface area contributed by atoms with Crippen LogP contribution < -0.4 is 9.47 Å². The zero-order chi connectivity index (χ0) is 24.0. The fourth-order valence-electron chi connectivity index (χ4n) is 4.48. The van der Waals surface area contributed by atoms with Gasteiger partial charge in [0.1, 0.15) is 6.61 Å². The molecule has 1 aromatic carbocycles. The van der Waals surface area contributed by atoms with Crippen molar-refractivity contribution in [2.24, 2.45) is 5.92 Å². The van der Waals surface area contributed by atoms with Gasteiger partial charge in [-0.25, -0.2) is 4.52 Å². The van der Waals surface area contributed by atoms with Crippen LogP contribution in [-0.4, -0.2) is 58.8 Å². The Bertz CT molecular complexity index is 1290. The summed E-state index contributed by atoms with van der Waals surface area (Å²) < 4.78 is 19.4. The number of hydrogen-bond acceptors (Lipinski definition) is 6. The number of para-hydroxylation sites is 1. The molecule has 1 saturated heterocycles. The van der Waals surface area contributed by atoms with Crippen LogP contribution in [0.3, 0.4) is 0 Å². The van der Waals surface area contributed by atoms with Gasteiger partial charge in [0, 0.05) is 37.6 Å². The third kappa shape index (κ3) is 5.12. The number of pyridine rings is 2. The van der Waals surface area contributed by atoms with Crippen LogP contribution in [0.1, 0.15) is 21.6 Å². The highest BCUT2D eigenvalue weighted by Gasteiger charge is 2.27. The first kappa shape index (κ1) is 22.9. The summed E-state index contributed by atoms with van der Waals surface area (Å²) in [5.74, 6) is 1.00. The van der Waals surface area contributed by atoms with Gasteiger partial charge < -0.3 is 19.1 Å². The molecular formula is C27H28N4O4. The van der Waals surface area contributed by atoms with Gasteiger partial charge in [-0.3, -0.25) is 9.78 Å². The van der Waals surface area contributed by atoms with Gasteiger partial charge in [0.15, 0.2) is 11.5 Å². The van der Waals surface area contributed by atoms with Gasteiger partial charge in [-0.05, 0) is 48.4 Å². The van der Waals surface area contributed by atoms with E-state index in [0.717, 1.165) is 17.6 Å². The summed E-state index contributed by atoms with van der Waals surface area (Å²) in [6.45, 7) is 2.43. The van der Waals surface area contributed by atoms with Crippen molar-refractivity contribution in [3.05, 3.63) is 90.0 Å². The zero-order valence-corrected chi connectivity index (χ0v) is 19.7. The van der Waals surface area contributed by atoms with Crippen LogP contribution >= 0.6 is 0 Å². The molecule has 1 aliphatic rings. The number of carbonyl (C=O) groups excluding carboxylic acids is 1. The number of methoxy groups -OCH3 is 1. The third-order valence-corrected chi connectivity index (χ3v) is 6.18. The van der Waals surface area contributed by atoms with Crippen LogP contribution in [0.5, 0.6) is 11.5 Å². The third-order valence-electron chi connectivity index (χ3n) is 6.18. The molecule has 5 rings (SSSR count). The van der Waals surface area contributed by atoms with E-state index in [4.69, 9.17) is 14.2 Å². The Kier molecular flexibility index (Phi) is 6.90. The Hall–Kier alpha value is -3.91. The number of benzene rings is 1. The van der Waals surface area contributed by atoms with Crippen LogP contribution in [0.4, 0.5) is 0 Å². The predicted molar refractivity (Wildman–Crippen MR) is 131 cm³/mol. The molecule has 0 radical (unpaired) electrons. The minimum absolute atomic E-state index is 0.0991. The number of fused-ring (bicyclic) bond motifs is 1. The SMILES string of the molecule is COc1cccc(C(=O)N2CCOCC(Cc3cccn4nccc34)C2)c1OCc1ccccn1. The molecule has 4 heterocycles. The van der Waals surface area contributed by atoms with Gasteiger partial charge in [0.25, 0.3) is 5.91 Å². The quantitative estimate of drug-likeness (QED) is 0.409. The van der Waals surface area contributed by atoms with Crippen LogP contribution in [-0.2, 0) is 17.8 Å². The molecule has 1 atom stereocenters. The Morgan fingerprint density at radius 3 is 2.91 bits per heavy atom. The molecule has 1 unspecified atom stereocenters. The van der Waals surface area contributed by atoms with Gasteiger partial charge in [-0.2, -0.15) is 5.10 Å². The molecule has 0 N–H and O–H groups in total. The molecule has 1 amide bonds. The van der Waals surface area contributed by atoms with Crippen molar-refractivity contribution in [1.82, 2.24) is 19.5 Å². The zero-order valence-electron chi connectivity index (χ0n) is 19.7. The largest absolute Gasteiger partial charge is 0.493 e. The van der Waals surface area contributed by atoms with Crippen molar-refractivity contribution in [1.29, 1.82) is 0 Å². The number of carbonyl (C=O) groups is 1. The molecular weight excluding hydrogens is 444 g/mol. The molecule has 1 aliphatic heterocycles. The van der Waals surface area contributed by atoms with E-state index >= 15 is 0 Å². The molecule has 0 saturated carbocycles. The molecule has 35 heavy (non-hydrogen) atoms. The lowest BCUT2D eigenvalue weighted by Gasteiger charge is -2.25. The highest BCUT2D eigenvalue weighted by molar-refractivity contribution is 5.97. The average Bonchev–Trinajstić information content (AvgIpc) is 3.27. The first-order chi connectivity index (χ1) is 17.2. The van der Waals surface area contributed by atoms with E-state index < -0.39 is 0 Å². The van der Waals surface area contributed by atoms with Crippen LogP contribution in [0.2, 0.25) is 0 Å². The molecule has 4 aromatic rings. The van der Waals surface area contributed by atoms with Gasteiger partial charge in [0.2, 0.25) is 0 Å². The van der Waals surface area contributed by atoms with E-state index in [9.17, 15) is 4.79 Å². The summed E-state index contributed by atoms with van der Waals surface area (Å²) in [6, 6.07) is 17.2. The van der Waals surface area contributed by atoms with Crippen LogP contribution in [0, 0.1) is 5.92 Å². The summed E-state index contributed by atoms with van der Waals surface area (Å²) in [6.07, 6.45) is 6.25. The summed E-state index contributed by atoms with van der Waals surface area (Å²) in [5.41, 5.74) is 3.51. The number of ether oxygens (including phenoxy) is 3. The molecule has 180 valence electrons. The highest BCUT2D eigenvalue weighted by Crippen LogP contribution is 2.33. The van der Waals surface area contributed by atoms with Crippen molar-refractivity contribution in [3.63, 3.8) is 0 Å². The van der Waals surface area contributed by atoms with E-state index in [2.05, 4.69) is 16.1 Å². The fraction of sp³-hybridized carbons (Fsp3) is 0.296. The monoisotopic (exact) mass is 472 g/mol. The van der Waals surface area contributed by atoms with Crippen molar-refractivity contribution >= 4 is 11.4 Å². The lowest BCUT2D eigenvalue weighted by molar-refractivity contribution is 0.0731. The molecule has 1 fully saturated rings. The highest BCUT2D eigenvalue weighted by atomic mass is 16.5. The average molecular weight is 473 g/mol. The summed E-state index contributed by atoms with van der Waals surface area (Å²) in [7, 11) is 1.57. The number of aromatic nitrogens is 3. The molecule has 8 nitrogen and oxygen atoms in total. The number of nitrogens with zero attached hydrogens (tertiary/aromatic N) is 4. The predicted octanol–water partition coefficient (Wildman–Crippen LogP) is 3.65. The Labute approximate surface area is 204 Å². The van der Waals surface area contributed by atoms with Crippen LogP contribution in [0.15, 0.2) is 73.2 Å². The summed E-state index contributed by atoms with van der Waals surface area (Å²) in [5, 5.41) is 4.33. The minimum Gasteiger partial charge on any atom is -0.493 e. The second-order valence-corrected chi connectivity index (χ2v) is 8.54. The van der Waals surface area contributed by atoms with Gasteiger partial charge in [-0.1, -0.05) is 18.2 Å². The van der Waals surface area contributed by atoms with Crippen molar-refractivity contribution in [2.45, 2.75) is 13.0 Å². The maximum atomic E-state index is 13.7. The van der Waals surface area contributed by atoms with E-state index in [1.807, 2.05) is 52.0 Å². The van der Waals surface area contributed by atoms with Gasteiger partial charge in [-0.15, -0.1) is 0 Å². The fourth-order valence-corrected chi connectivity index (χ4v) is 4.48. The smallest absolute Gasteiger partial charge is 0.257 e. The summed E-state index contributed by atoms with van der Waals surface area (Å²) >= 11 is 0. The Morgan fingerprint density at radius 1 is 1.11 bits per heavy atom. The first-order valence-electron chi connectivity index (χ1n) is 11.7. The number of amides is 1.